The quantitative estimate of drug-likeness (QED) is 0.368. The number of likely N-dealkylation sites (N-methyl/N-ethyl adjacent to an activating group) is 1. The summed E-state index contributed by atoms with van der Waals surface area (Å²) < 4.78 is 26.2. The van der Waals surface area contributed by atoms with Crippen LogP contribution in [0.15, 0.2) is 41.3 Å². The van der Waals surface area contributed by atoms with E-state index in [0.29, 0.717) is 31.6 Å². The Hall–Kier alpha value is -4.03. The fourth-order valence-electron chi connectivity index (χ4n) is 5.12. The van der Waals surface area contributed by atoms with Crippen LogP contribution < -0.4 is 15.5 Å². The molecule has 39 heavy (non-hydrogen) atoms. The highest BCUT2D eigenvalue weighted by atomic mass is 35.5. The number of halogens is 2. The molecule has 11 nitrogen and oxygen atoms in total. The van der Waals surface area contributed by atoms with E-state index < -0.39 is 51.9 Å². The molecule has 1 aromatic heterocycles. The third kappa shape index (κ3) is 5.43. The molecule has 0 saturated heterocycles. The van der Waals surface area contributed by atoms with Crippen LogP contribution in [0.2, 0.25) is 5.02 Å². The van der Waals surface area contributed by atoms with Crippen molar-refractivity contribution >= 4 is 35.4 Å². The Bertz CT molecular complexity index is 1450. The summed E-state index contributed by atoms with van der Waals surface area (Å²) in [6.45, 7) is 0.434. The molecule has 0 atom stereocenters. The third-order valence-corrected chi connectivity index (χ3v) is 7.07. The number of carboxylic acid groups (broad SMARTS) is 1. The van der Waals surface area contributed by atoms with E-state index in [0.717, 1.165) is 0 Å². The van der Waals surface area contributed by atoms with Crippen LogP contribution >= 0.6 is 11.6 Å². The minimum absolute atomic E-state index is 0.0778. The number of rotatable bonds is 8. The molecule has 13 heteroatoms. The maximum atomic E-state index is 14.3. The summed E-state index contributed by atoms with van der Waals surface area (Å²) in [7, 11) is 3.11. The molecule has 2 aliphatic rings. The number of carbonyl (C=O) groups excluding carboxylic acids is 3. The molecule has 2 aromatic rings. The molecular formula is C26H25ClFN3O8. The Kier molecular flexibility index (Phi) is 7.89. The Labute approximate surface area is 226 Å². The van der Waals surface area contributed by atoms with Crippen molar-refractivity contribution in [2.24, 2.45) is 5.92 Å². The Balaban J connectivity index is 1.79. The van der Waals surface area contributed by atoms with Crippen molar-refractivity contribution in [2.75, 3.05) is 27.3 Å². The lowest BCUT2D eigenvalue weighted by atomic mass is 9.67. The van der Waals surface area contributed by atoms with E-state index in [2.05, 4.69) is 5.32 Å². The van der Waals surface area contributed by atoms with E-state index in [9.17, 15) is 28.4 Å². The molecule has 2 amide bonds. The number of amides is 2. The normalized spacial score (nSPS) is 20.1. The zero-order valence-corrected chi connectivity index (χ0v) is 21.8. The van der Waals surface area contributed by atoms with Crippen LogP contribution in [0, 0.1) is 11.7 Å². The van der Waals surface area contributed by atoms with E-state index in [1.165, 1.54) is 40.9 Å². The molecular weight excluding hydrogens is 537 g/mol. The van der Waals surface area contributed by atoms with Gasteiger partial charge in [-0.15, -0.1) is 0 Å². The van der Waals surface area contributed by atoms with Gasteiger partial charge in [0.1, 0.15) is 11.4 Å². The molecule has 4 rings (SSSR count). The largest absolute Gasteiger partial charge is 0.478 e. The highest BCUT2D eigenvalue weighted by Gasteiger charge is 2.52. The van der Waals surface area contributed by atoms with Crippen molar-refractivity contribution in [1.29, 1.82) is 0 Å². The SMILES string of the molecule is COC[C@H]1C[C@@]2(CN(C)C(=O)c3c(OC(=O)/C=C/C(=O)O)c(=O)c(C(=O)NCc4cccc(Cl)c4F)cn32)C1. The Morgan fingerprint density at radius 3 is 2.64 bits per heavy atom. The van der Waals surface area contributed by atoms with Crippen LogP contribution in [0.3, 0.4) is 0 Å². The van der Waals surface area contributed by atoms with Crippen molar-refractivity contribution < 1.29 is 38.1 Å². The van der Waals surface area contributed by atoms with Gasteiger partial charge in [0.15, 0.2) is 5.69 Å². The molecule has 0 bridgehead atoms. The number of pyridine rings is 1. The van der Waals surface area contributed by atoms with Crippen LogP contribution in [0.4, 0.5) is 4.39 Å². The first-order valence-electron chi connectivity index (χ1n) is 11.9. The molecule has 1 saturated carbocycles. The predicted octanol–water partition coefficient (Wildman–Crippen LogP) is 1.95. The molecule has 1 aromatic carbocycles. The second kappa shape index (κ2) is 11.0. The number of hydrogen-bond acceptors (Lipinski definition) is 7. The van der Waals surface area contributed by atoms with Gasteiger partial charge in [0, 0.05) is 57.8 Å². The molecule has 2 heterocycles. The number of benzene rings is 1. The topological polar surface area (TPSA) is 144 Å². The summed E-state index contributed by atoms with van der Waals surface area (Å²) in [5.41, 5.74) is -2.37. The minimum Gasteiger partial charge on any atom is -0.478 e. The van der Waals surface area contributed by atoms with Crippen LogP contribution in [0.1, 0.15) is 39.3 Å². The summed E-state index contributed by atoms with van der Waals surface area (Å²) in [6, 6.07) is 4.26. The number of esters is 1. The van der Waals surface area contributed by atoms with Crippen LogP contribution in [-0.4, -0.2) is 65.6 Å². The van der Waals surface area contributed by atoms with Crippen molar-refractivity contribution in [1.82, 2.24) is 14.8 Å². The number of aromatic nitrogens is 1. The van der Waals surface area contributed by atoms with Gasteiger partial charge in [-0.3, -0.25) is 14.4 Å². The van der Waals surface area contributed by atoms with Gasteiger partial charge in [0.2, 0.25) is 11.2 Å². The van der Waals surface area contributed by atoms with Crippen molar-refractivity contribution in [2.45, 2.75) is 24.9 Å². The van der Waals surface area contributed by atoms with Crippen molar-refractivity contribution in [3.05, 3.63) is 74.4 Å². The molecule has 206 valence electrons. The molecule has 0 radical (unpaired) electrons. The van der Waals surface area contributed by atoms with Crippen molar-refractivity contribution in [3.8, 4) is 5.75 Å². The fourth-order valence-corrected chi connectivity index (χ4v) is 5.31. The van der Waals surface area contributed by atoms with E-state index in [1.54, 1.807) is 7.11 Å². The fraction of sp³-hybridized carbons (Fsp3) is 0.346. The zero-order chi connectivity index (χ0) is 28.5. The first-order chi connectivity index (χ1) is 18.5. The smallest absolute Gasteiger partial charge is 0.336 e. The standard InChI is InChI=1S/C26H25ClFN3O8/c1-30-13-26(8-14(9-26)12-38-2)31-11-16(24(36)29-10-15-4-3-5-17(27)20(15)28)22(35)23(21(31)25(30)37)39-19(34)7-6-18(32)33/h3-7,11,14H,8-10,12-13H2,1-2H3,(H,29,36)(H,32,33)/b7-6+/t14-,26-. The van der Waals surface area contributed by atoms with Gasteiger partial charge < -0.3 is 29.4 Å². The lowest BCUT2D eigenvalue weighted by Gasteiger charge is -2.54. The number of nitrogens with zero attached hydrogens (tertiary/aromatic N) is 2. The summed E-state index contributed by atoms with van der Waals surface area (Å²) in [5.74, 6) is -5.46. The zero-order valence-electron chi connectivity index (χ0n) is 21.0. The molecule has 0 unspecified atom stereocenters. The average Bonchev–Trinajstić information content (AvgIpc) is 2.86. The van der Waals surface area contributed by atoms with E-state index in [1.807, 2.05) is 0 Å². The van der Waals surface area contributed by atoms with Gasteiger partial charge in [0.05, 0.1) is 10.6 Å². The number of carboxylic acids is 1. The summed E-state index contributed by atoms with van der Waals surface area (Å²) in [4.78, 5) is 64.4. The number of aliphatic carboxylic acids is 1. The highest BCUT2D eigenvalue weighted by molar-refractivity contribution is 6.30. The minimum atomic E-state index is -1.43. The average molecular weight is 562 g/mol. The Morgan fingerprint density at radius 2 is 1.97 bits per heavy atom. The Morgan fingerprint density at radius 1 is 1.26 bits per heavy atom. The predicted molar refractivity (Wildman–Crippen MR) is 135 cm³/mol. The van der Waals surface area contributed by atoms with Crippen LogP contribution in [0.25, 0.3) is 0 Å². The first kappa shape index (κ1) is 28.0. The van der Waals surface area contributed by atoms with Gasteiger partial charge in [-0.05, 0) is 24.8 Å². The first-order valence-corrected chi connectivity index (χ1v) is 12.2. The lowest BCUT2D eigenvalue weighted by Crippen LogP contribution is -2.60. The van der Waals surface area contributed by atoms with Gasteiger partial charge in [0.25, 0.3) is 11.8 Å². The number of fused-ring (bicyclic) bond motifs is 2. The second-order valence-corrected chi connectivity index (χ2v) is 9.93. The maximum Gasteiger partial charge on any atom is 0.336 e. The van der Waals surface area contributed by atoms with Crippen molar-refractivity contribution in [3.63, 3.8) is 0 Å². The second-order valence-electron chi connectivity index (χ2n) is 9.52. The molecule has 1 fully saturated rings. The molecule has 1 spiro atoms. The lowest BCUT2D eigenvalue weighted by molar-refractivity contribution is -0.133. The summed E-state index contributed by atoms with van der Waals surface area (Å²) in [5, 5.41) is 11.1. The summed E-state index contributed by atoms with van der Waals surface area (Å²) >= 11 is 5.80. The van der Waals surface area contributed by atoms with Gasteiger partial charge >= 0.3 is 11.9 Å². The molecule has 1 aliphatic heterocycles. The van der Waals surface area contributed by atoms with E-state index >= 15 is 0 Å². The number of carbonyl (C=O) groups is 4. The number of nitrogens with one attached hydrogen (secondary N) is 1. The van der Waals surface area contributed by atoms with E-state index in [-0.39, 0.29) is 35.3 Å². The number of methoxy groups -OCH3 is 1. The monoisotopic (exact) mass is 561 g/mol. The maximum absolute atomic E-state index is 14.3. The van der Waals surface area contributed by atoms with Crippen LogP contribution in [0.5, 0.6) is 5.75 Å². The van der Waals surface area contributed by atoms with Gasteiger partial charge in [-0.1, -0.05) is 23.7 Å². The van der Waals surface area contributed by atoms with Crippen LogP contribution in [-0.2, 0) is 26.4 Å². The number of hydrogen-bond donors (Lipinski definition) is 2. The summed E-state index contributed by atoms with van der Waals surface area (Å²) in [6.07, 6.45) is 3.45. The molecule has 1 aliphatic carbocycles. The highest BCUT2D eigenvalue weighted by Crippen LogP contribution is 2.48. The van der Waals surface area contributed by atoms with Gasteiger partial charge in [-0.2, -0.15) is 0 Å². The van der Waals surface area contributed by atoms with E-state index in [4.69, 9.17) is 26.2 Å². The molecule has 2 N–H and O–H groups in total. The van der Waals surface area contributed by atoms with Gasteiger partial charge in [-0.25, -0.2) is 14.0 Å². The number of ether oxygens (including phenoxy) is 2. The third-order valence-electron chi connectivity index (χ3n) is 6.78.